The van der Waals surface area contributed by atoms with Gasteiger partial charge in [0.2, 0.25) is 0 Å². The van der Waals surface area contributed by atoms with E-state index in [4.69, 9.17) is 5.11 Å². The van der Waals surface area contributed by atoms with Gasteiger partial charge in [-0.2, -0.15) is 5.26 Å². The second kappa shape index (κ2) is 10.7. The number of nitrogens with one attached hydrogen (secondary N) is 2. The Labute approximate surface area is 184 Å². The van der Waals surface area contributed by atoms with Crippen molar-refractivity contribution in [3.05, 3.63) is 83.2 Å². The smallest absolute Gasteiger partial charge is 0.305 e. The van der Waals surface area contributed by atoms with Crippen LogP contribution in [-0.2, 0) is 11.2 Å². The minimum Gasteiger partial charge on any atom is -0.481 e. The summed E-state index contributed by atoms with van der Waals surface area (Å²) in [7, 11) is 0. The summed E-state index contributed by atoms with van der Waals surface area (Å²) < 4.78 is 13.4. The largest absolute Gasteiger partial charge is 0.481 e. The molecule has 7 nitrogen and oxygen atoms in total. The molecule has 32 heavy (non-hydrogen) atoms. The molecule has 0 saturated carbocycles. The molecule has 8 heteroatoms. The van der Waals surface area contributed by atoms with E-state index < -0.39 is 11.9 Å². The Morgan fingerprint density at radius 1 is 1.06 bits per heavy atom. The monoisotopic (exact) mass is 432 g/mol. The van der Waals surface area contributed by atoms with Gasteiger partial charge in [-0.25, -0.2) is 9.37 Å². The van der Waals surface area contributed by atoms with Crippen molar-refractivity contribution in [2.24, 2.45) is 0 Å². The van der Waals surface area contributed by atoms with Gasteiger partial charge < -0.3 is 15.7 Å². The second-order valence-corrected chi connectivity index (χ2v) is 6.96. The highest BCUT2D eigenvalue weighted by Crippen LogP contribution is 2.25. The molecule has 0 unspecified atom stereocenters. The van der Waals surface area contributed by atoms with Crippen LogP contribution in [0.2, 0.25) is 0 Å². The Balaban J connectivity index is 1.85. The zero-order valence-corrected chi connectivity index (χ0v) is 17.1. The van der Waals surface area contributed by atoms with Gasteiger partial charge in [0.1, 0.15) is 11.6 Å². The molecular weight excluding hydrogens is 411 g/mol. The van der Waals surface area contributed by atoms with Crippen LogP contribution in [0.25, 0.3) is 11.3 Å². The number of carboxylic acid groups (broad SMARTS) is 1. The van der Waals surface area contributed by atoms with Gasteiger partial charge in [-0.3, -0.25) is 9.59 Å². The number of amides is 1. The van der Waals surface area contributed by atoms with Gasteiger partial charge in [-0.15, -0.1) is 0 Å². The highest BCUT2D eigenvalue weighted by Gasteiger charge is 2.16. The average Bonchev–Trinajstić information content (AvgIpc) is 2.78. The number of nitrogens with zero attached hydrogens (tertiary/aromatic N) is 2. The van der Waals surface area contributed by atoms with Crippen molar-refractivity contribution in [3.8, 4) is 17.3 Å². The maximum absolute atomic E-state index is 13.4. The zero-order chi connectivity index (χ0) is 22.9. The van der Waals surface area contributed by atoms with Crippen molar-refractivity contribution >= 4 is 17.7 Å². The van der Waals surface area contributed by atoms with E-state index in [0.29, 0.717) is 35.6 Å². The van der Waals surface area contributed by atoms with Gasteiger partial charge in [0.15, 0.2) is 0 Å². The van der Waals surface area contributed by atoms with Crippen LogP contribution in [0.4, 0.5) is 10.2 Å². The Morgan fingerprint density at radius 3 is 2.62 bits per heavy atom. The SMILES string of the molecule is N#Cc1ccccc1-c1ccc(C(=O)NCCC(=O)O)c(NCCc2cccc(F)c2)n1. The summed E-state index contributed by atoms with van der Waals surface area (Å²) in [5.74, 6) is -1.51. The third-order valence-corrected chi connectivity index (χ3v) is 4.68. The fourth-order valence-electron chi connectivity index (χ4n) is 3.13. The molecule has 0 aliphatic carbocycles. The number of rotatable bonds is 9. The number of carbonyl (C=O) groups is 2. The number of carbonyl (C=O) groups excluding carboxylic acids is 1. The number of pyridine rings is 1. The highest BCUT2D eigenvalue weighted by molar-refractivity contribution is 5.99. The maximum atomic E-state index is 13.4. The predicted octanol–water partition coefficient (Wildman–Crippen LogP) is 3.62. The molecule has 0 fully saturated rings. The van der Waals surface area contributed by atoms with Gasteiger partial charge in [0.05, 0.1) is 29.3 Å². The van der Waals surface area contributed by atoms with Crippen LogP contribution < -0.4 is 10.6 Å². The van der Waals surface area contributed by atoms with E-state index in [1.54, 1.807) is 48.5 Å². The fraction of sp³-hybridized carbons (Fsp3) is 0.167. The van der Waals surface area contributed by atoms with Gasteiger partial charge in [0.25, 0.3) is 5.91 Å². The van der Waals surface area contributed by atoms with Crippen LogP contribution in [0, 0.1) is 17.1 Å². The molecule has 1 heterocycles. The highest BCUT2D eigenvalue weighted by atomic mass is 19.1. The first kappa shape index (κ1) is 22.4. The summed E-state index contributed by atoms with van der Waals surface area (Å²) in [6.45, 7) is 0.366. The molecule has 0 aliphatic heterocycles. The minimum absolute atomic E-state index is 0.0179. The lowest BCUT2D eigenvalue weighted by Crippen LogP contribution is -2.27. The number of anilines is 1. The summed E-state index contributed by atoms with van der Waals surface area (Å²) in [4.78, 5) is 27.9. The minimum atomic E-state index is -1.01. The third kappa shape index (κ3) is 5.89. The summed E-state index contributed by atoms with van der Waals surface area (Å²) in [6, 6.07) is 18.6. The lowest BCUT2D eigenvalue weighted by atomic mass is 10.0. The zero-order valence-electron chi connectivity index (χ0n) is 17.1. The second-order valence-electron chi connectivity index (χ2n) is 6.96. The molecule has 2 aromatic carbocycles. The van der Waals surface area contributed by atoms with Crippen molar-refractivity contribution in [1.29, 1.82) is 5.26 Å². The van der Waals surface area contributed by atoms with Gasteiger partial charge in [-0.1, -0.05) is 30.3 Å². The number of aromatic nitrogens is 1. The van der Waals surface area contributed by atoms with Gasteiger partial charge in [-0.05, 0) is 42.3 Å². The predicted molar refractivity (Wildman–Crippen MR) is 118 cm³/mol. The molecule has 0 bridgehead atoms. The van der Waals surface area contributed by atoms with Gasteiger partial charge >= 0.3 is 5.97 Å². The van der Waals surface area contributed by atoms with Crippen molar-refractivity contribution in [1.82, 2.24) is 10.3 Å². The maximum Gasteiger partial charge on any atom is 0.305 e. The number of carboxylic acids is 1. The van der Waals surface area contributed by atoms with Crippen LogP contribution in [-0.4, -0.2) is 35.1 Å². The van der Waals surface area contributed by atoms with Crippen LogP contribution in [0.1, 0.15) is 27.9 Å². The number of benzene rings is 2. The molecule has 1 amide bonds. The molecule has 0 atom stereocenters. The molecule has 0 saturated heterocycles. The topological polar surface area (TPSA) is 115 Å². The summed E-state index contributed by atoms with van der Waals surface area (Å²) in [5.41, 5.74) is 2.62. The fourth-order valence-corrected chi connectivity index (χ4v) is 3.13. The van der Waals surface area contributed by atoms with Crippen LogP contribution in [0.5, 0.6) is 0 Å². The lowest BCUT2D eigenvalue weighted by molar-refractivity contribution is -0.136. The number of aliphatic carboxylic acids is 1. The molecule has 0 radical (unpaired) electrons. The normalized spacial score (nSPS) is 10.2. The summed E-state index contributed by atoms with van der Waals surface area (Å²) >= 11 is 0. The van der Waals surface area contributed by atoms with E-state index in [0.717, 1.165) is 5.56 Å². The summed E-state index contributed by atoms with van der Waals surface area (Å²) in [6.07, 6.45) is 0.299. The van der Waals surface area contributed by atoms with Crippen LogP contribution >= 0.6 is 0 Å². The van der Waals surface area contributed by atoms with E-state index in [1.165, 1.54) is 12.1 Å². The number of hydrogen-bond donors (Lipinski definition) is 3. The van der Waals surface area contributed by atoms with E-state index >= 15 is 0 Å². The molecule has 3 rings (SSSR count). The Kier molecular flexibility index (Phi) is 7.49. The Hall–Kier alpha value is -4.25. The average molecular weight is 432 g/mol. The molecule has 0 spiro atoms. The third-order valence-electron chi connectivity index (χ3n) is 4.68. The van der Waals surface area contributed by atoms with E-state index in [9.17, 15) is 19.2 Å². The summed E-state index contributed by atoms with van der Waals surface area (Å²) in [5, 5.41) is 23.8. The molecule has 1 aromatic heterocycles. The Bertz CT molecular complexity index is 1170. The quantitative estimate of drug-likeness (QED) is 0.476. The molecule has 3 aromatic rings. The number of hydrogen-bond acceptors (Lipinski definition) is 5. The van der Waals surface area contributed by atoms with Crippen molar-refractivity contribution < 1.29 is 19.1 Å². The van der Waals surface area contributed by atoms with E-state index in [2.05, 4.69) is 21.7 Å². The first-order chi connectivity index (χ1) is 15.5. The molecule has 0 aliphatic rings. The Morgan fingerprint density at radius 2 is 1.88 bits per heavy atom. The van der Waals surface area contributed by atoms with Crippen molar-refractivity contribution in [2.45, 2.75) is 12.8 Å². The molecule has 162 valence electrons. The molecular formula is C24H21FN4O3. The number of halogens is 1. The molecule has 3 N–H and O–H groups in total. The van der Waals surface area contributed by atoms with E-state index in [1.807, 2.05) is 0 Å². The lowest BCUT2D eigenvalue weighted by Gasteiger charge is -2.14. The van der Waals surface area contributed by atoms with E-state index in [-0.39, 0.29) is 24.3 Å². The first-order valence-electron chi connectivity index (χ1n) is 9.97. The van der Waals surface area contributed by atoms with Crippen molar-refractivity contribution in [3.63, 3.8) is 0 Å². The van der Waals surface area contributed by atoms with Crippen LogP contribution in [0.3, 0.4) is 0 Å². The number of nitriles is 1. The van der Waals surface area contributed by atoms with Crippen LogP contribution in [0.15, 0.2) is 60.7 Å². The van der Waals surface area contributed by atoms with Crippen molar-refractivity contribution in [2.75, 3.05) is 18.4 Å². The van der Waals surface area contributed by atoms with Gasteiger partial charge in [0, 0.05) is 18.7 Å². The first-order valence-corrected chi connectivity index (χ1v) is 9.97. The standard InChI is InChI=1S/C24H21FN4O3/c25-18-6-3-4-16(14-18)10-12-27-23-20(24(32)28-13-11-22(30)31)8-9-21(29-23)19-7-2-1-5-17(19)15-26/h1-9,14H,10-13H2,(H,27,29)(H,28,32)(H,30,31).